The van der Waals surface area contributed by atoms with Gasteiger partial charge in [0.15, 0.2) is 0 Å². The minimum Gasteiger partial charge on any atom is -0.317 e. The van der Waals surface area contributed by atoms with E-state index in [-0.39, 0.29) is 11.4 Å². The first-order chi connectivity index (χ1) is 12.4. The molecule has 0 aliphatic heterocycles. The highest BCUT2D eigenvalue weighted by molar-refractivity contribution is 6.30. The van der Waals surface area contributed by atoms with Gasteiger partial charge in [-0.05, 0) is 31.5 Å². The molecule has 2 aromatic heterocycles. The number of nitro groups is 1. The maximum atomic E-state index is 12.4. The van der Waals surface area contributed by atoms with E-state index in [1.807, 2.05) is 19.1 Å². The van der Waals surface area contributed by atoms with Crippen LogP contribution >= 0.6 is 11.6 Å². The van der Waals surface area contributed by atoms with Crippen LogP contribution in [0.2, 0.25) is 5.02 Å². The van der Waals surface area contributed by atoms with Crippen molar-refractivity contribution in [1.29, 1.82) is 0 Å². The van der Waals surface area contributed by atoms with Gasteiger partial charge in [0.1, 0.15) is 6.20 Å². The van der Waals surface area contributed by atoms with Crippen molar-refractivity contribution in [1.82, 2.24) is 20.0 Å². The number of hydrogen-bond acceptors (Lipinski definition) is 5. The van der Waals surface area contributed by atoms with E-state index in [2.05, 4.69) is 20.6 Å². The number of nitrogens with one attached hydrogen (secondary N) is 2. The summed E-state index contributed by atoms with van der Waals surface area (Å²) in [6, 6.07) is 7.38. The molecule has 0 unspecified atom stereocenters. The third-order valence-electron chi connectivity index (χ3n) is 3.91. The summed E-state index contributed by atoms with van der Waals surface area (Å²) < 4.78 is 1.75. The van der Waals surface area contributed by atoms with Gasteiger partial charge in [-0.15, -0.1) is 0 Å². The van der Waals surface area contributed by atoms with Crippen LogP contribution in [0.1, 0.15) is 27.4 Å². The van der Waals surface area contributed by atoms with Crippen LogP contribution < -0.4 is 5.32 Å². The topological polar surface area (TPSA) is 119 Å². The van der Waals surface area contributed by atoms with E-state index in [1.165, 1.54) is 0 Å². The minimum absolute atomic E-state index is 0.209. The van der Waals surface area contributed by atoms with Crippen LogP contribution in [0.4, 0.5) is 11.4 Å². The van der Waals surface area contributed by atoms with Crippen molar-refractivity contribution in [3.63, 3.8) is 0 Å². The summed E-state index contributed by atoms with van der Waals surface area (Å²) in [6.45, 7) is 4.07. The lowest BCUT2D eigenvalue weighted by atomic mass is 10.2. The molecule has 0 aliphatic carbocycles. The van der Waals surface area contributed by atoms with E-state index in [0.29, 0.717) is 22.9 Å². The zero-order valence-corrected chi connectivity index (χ0v) is 14.7. The third kappa shape index (κ3) is 3.42. The number of hydrogen-bond donors (Lipinski definition) is 2. The molecule has 1 amide bonds. The third-order valence-corrected chi connectivity index (χ3v) is 4.16. The van der Waals surface area contributed by atoms with E-state index >= 15 is 0 Å². The molecule has 134 valence electrons. The second-order valence-electron chi connectivity index (χ2n) is 5.67. The lowest BCUT2D eigenvalue weighted by Gasteiger charge is -2.07. The number of amides is 1. The van der Waals surface area contributed by atoms with Crippen molar-refractivity contribution in [3.05, 3.63) is 68.2 Å². The zero-order chi connectivity index (χ0) is 18.8. The van der Waals surface area contributed by atoms with Gasteiger partial charge in [0.2, 0.25) is 5.69 Å². The fourth-order valence-electron chi connectivity index (χ4n) is 2.56. The van der Waals surface area contributed by atoms with Gasteiger partial charge in [0, 0.05) is 5.02 Å². The summed E-state index contributed by atoms with van der Waals surface area (Å²) in [6.07, 6.45) is 0.999. The average Bonchev–Trinajstić information content (AvgIpc) is 3.18. The molecule has 0 saturated heterocycles. The maximum absolute atomic E-state index is 12.4. The Hall–Kier alpha value is -3.20. The lowest BCUT2D eigenvalue weighted by Crippen LogP contribution is -2.15. The molecule has 3 rings (SSSR count). The zero-order valence-electron chi connectivity index (χ0n) is 14.0. The number of nitrogens with zero attached hydrogens (tertiary/aromatic N) is 4. The highest BCUT2D eigenvalue weighted by Gasteiger charge is 2.24. The molecule has 0 fully saturated rings. The maximum Gasteiger partial charge on any atom is 0.319 e. The largest absolute Gasteiger partial charge is 0.319 e. The normalized spacial score (nSPS) is 10.7. The Labute approximate surface area is 153 Å². The average molecular weight is 375 g/mol. The molecule has 0 atom stereocenters. The van der Waals surface area contributed by atoms with E-state index < -0.39 is 10.8 Å². The molecular formula is C16H15ClN6O3. The van der Waals surface area contributed by atoms with E-state index in [1.54, 1.807) is 23.7 Å². The summed E-state index contributed by atoms with van der Waals surface area (Å²) >= 11 is 5.89. The Morgan fingerprint density at radius 1 is 1.35 bits per heavy atom. The Morgan fingerprint density at radius 3 is 2.69 bits per heavy atom. The van der Waals surface area contributed by atoms with Gasteiger partial charge < -0.3 is 5.32 Å². The van der Waals surface area contributed by atoms with Crippen molar-refractivity contribution in [2.24, 2.45) is 0 Å². The van der Waals surface area contributed by atoms with Crippen LogP contribution in [-0.2, 0) is 6.54 Å². The molecular weight excluding hydrogens is 360 g/mol. The number of aromatic nitrogens is 4. The van der Waals surface area contributed by atoms with Crippen molar-refractivity contribution >= 4 is 28.9 Å². The molecule has 0 spiro atoms. The fourth-order valence-corrected chi connectivity index (χ4v) is 2.68. The Kier molecular flexibility index (Phi) is 4.72. The number of H-pyrrole nitrogens is 1. The van der Waals surface area contributed by atoms with E-state index in [0.717, 1.165) is 17.5 Å². The van der Waals surface area contributed by atoms with Gasteiger partial charge >= 0.3 is 5.69 Å². The van der Waals surface area contributed by atoms with Crippen molar-refractivity contribution in [2.45, 2.75) is 20.4 Å². The summed E-state index contributed by atoms with van der Waals surface area (Å²) in [5.41, 5.74) is 2.25. The quantitative estimate of drug-likeness (QED) is 0.525. The van der Waals surface area contributed by atoms with E-state index in [9.17, 15) is 14.9 Å². The van der Waals surface area contributed by atoms with E-state index in [4.69, 9.17) is 11.6 Å². The van der Waals surface area contributed by atoms with Crippen LogP contribution in [0.15, 0.2) is 30.5 Å². The standard InChI is InChI=1S/C16H15ClN6O3/c1-9-14(19-16(24)15-13(23(25)26)7-18-20-15)10(2)22(21-9)8-11-3-5-12(17)6-4-11/h3-7H,8H2,1-2H3,(H,18,20)(H,19,24). The molecule has 3 aromatic rings. The number of carbonyl (C=O) groups is 1. The first-order valence-electron chi connectivity index (χ1n) is 7.64. The van der Waals surface area contributed by atoms with Crippen LogP contribution in [0.5, 0.6) is 0 Å². The summed E-state index contributed by atoms with van der Waals surface area (Å²) in [5.74, 6) is -0.647. The van der Waals surface area contributed by atoms with Gasteiger partial charge in [-0.1, -0.05) is 23.7 Å². The number of aryl methyl sites for hydroxylation is 1. The van der Waals surface area contributed by atoms with Crippen molar-refractivity contribution < 1.29 is 9.72 Å². The first-order valence-corrected chi connectivity index (χ1v) is 8.02. The highest BCUT2D eigenvalue weighted by atomic mass is 35.5. The van der Waals surface area contributed by atoms with Crippen LogP contribution in [0.3, 0.4) is 0 Å². The molecule has 26 heavy (non-hydrogen) atoms. The smallest absolute Gasteiger partial charge is 0.317 e. The minimum atomic E-state index is -0.665. The highest BCUT2D eigenvalue weighted by Crippen LogP contribution is 2.23. The monoisotopic (exact) mass is 374 g/mol. The number of benzene rings is 1. The second-order valence-corrected chi connectivity index (χ2v) is 6.11. The number of halogens is 1. The number of aromatic amines is 1. The predicted octanol–water partition coefficient (Wildman–Crippen LogP) is 3.09. The predicted molar refractivity (Wildman–Crippen MR) is 95.5 cm³/mol. The molecule has 0 saturated carbocycles. The summed E-state index contributed by atoms with van der Waals surface area (Å²) in [4.78, 5) is 22.7. The number of rotatable bonds is 5. The molecule has 1 aromatic carbocycles. The van der Waals surface area contributed by atoms with Gasteiger partial charge in [-0.2, -0.15) is 10.2 Å². The van der Waals surface area contributed by atoms with Crippen molar-refractivity contribution in [2.75, 3.05) is 5.32 Å². The van der Waals surface area contributed by atoms with Crippen LogP contribution in [-0.4, -0.2) is 30.8 Å². The molecule has 10 heteroatoms. The SMILES string of the molecule is Cc1nn(Cc2ccc(Cl)cc2)c(C)c1NC(=O)c1[nH]ncc1[N+](=O)[O-]. The molecule has 0 bridgehead atoms. The Balaban J connectivity index is 1.83. The molecule has 0 radical (unpaired) electrons. The van der Waals surface area contributed by atoms with Crippen LogP contribution in [0, 0.1) is 24.0 Å². The first kappa shape index (κ1) is 17.6. The Bertz CT molecular complexity index is 977. The van der Waals surface area contributed by atoms with Gasteiger partial charge in [0.25, 0.3) is 5.91 Å². The Morgan fingerprint density at radius 2 is 2.04 bits per heavy atom. The molecule has 2 N–H and O–H groups in total. The lowest BCUT2D eigenvalue weighted by molar-refractivity contribution is -0.385. The van der Waals surface area contributed by atoms with Crippen molar-refractivity contribution in [3.8, 4) is 0 Å². The van der Waals surface area contributed by atoms with Gasteiger partial charge in [0.05, 0.1) is 28.5 Å². The molecule has 9 nitrogen and oxygen atoms in total. The summed E-state index contributed by atoms with van der Waals surface area (Å²) in [7, 11) is 0. The van der Waals surface area contributed by atoms with Gasteiger partial charge in [-0.3, -0.25) is 24.7 Å². The molecule has 2 heterocycles. The second kappa shape index (κ2) is 6.96. The number of carbonyl (C=O) groups excluding carboxylic acids is 1. The summed E-state index contributed by atoms with van der Waals surface area (Å²) in [5, 5.41) is 24.6. The molecule has 0 aliphatic rings. The fraction of sp³-hybridized carbons (Fsp3) is 0.188. The van der Waals surface area contributed by atoms with Gasteiger partial charge in [-0.25, -0.2) is 0 Å². The van der Waals surface area contributed by atoms with Crippen LogP contribution in [0.25, 0.3) is 0 Å². The number of anilines is 1.